The van der Waals surface area contributed by atoms with Gasteiger partial charge < -0.3 is 9.84 Å². The van der Waals surface area contributed by atoms with Crippen LogP contribution >= 0.6 is 0 Å². The van der Waals surface area contributed by atoms with Crippen LogP contribution in [0.3, 0.4) is 0 Å². The summed E-state index contributed by atoms with van der Waals surface area (Å²) in [6.45, 7) is 1.98. The second-order valence-corrected chi connectivity index (χ2v) is 3.12. The Morgan fingerprint density at radius 2 is 2.23 bits per heavy atom. The Labute approximate surface area is 79.2 Å². The summed E-state index contributed by atoms with van der Waals surface area (Å²) in [5.74, 6) is 0.848. The average Bonchev–Trinajstić information content (AvgIpc) is 2.18. The first-order chi connectivity index (χ1) is 6.26. The molecule has 0 bridgehead atoms. The molecular weight excluding hydrogens is 164 g/mol. The molecule has 1 N–H and O–H groups in total. The molecule has 72 valence electrons. The highest BCUT2D eigenvalue weighted by Crippen LogP contribution is 2.14. The highest BCUT2D eigenvalue weighted by molar-refractivity contribution is 5.28. The van der Waals surface area contributed by atoms with Crippen LogP contribution in [0, 0.1) is 0 Å². The number of hydrogen-bond acceptors (Lipinski definition) is 2. The van der Waals surface area contributed by atoms with Crippen molar-refractivity contribution in [1.29, 1.82) is 0 Å². The SMILES string of the molecule is CC[C@@H](O)Cc1cccc(OC)c1. The van der Waals surface area contributed by atoms with Crippen LogP contribution in [0.5, 0.6) is 5.75 Å². The molecule has 1 aromatic rings. The molecule has 0 aromatic heterocycles. The Bertz CT molecular complexity index is 258. The van der Waals surface area contributed by atoms with Gasteiger partial charge in [-0.25, -0.2) is 0 Å². The van der Waals surface area contributed by atoms with Crippen LogP contribution in [-0.4, -0.2) is 18.3 Å². The van der Waals surface area contributed by atoms with E-state index in [2.05, 4.69) is 0 Å². The summed E-state index contributed by atoms with van der Waals surface area (Å²) in [4.78, 5) is 0. The molecule has 0 aliphatic heterocycles. The zero-order valence-corrected chi connectivity index (χ0v) is 8.16. The maximum atomic E-state index is 9.43. The lowest BCUT2D eigenvalue weighted by Gasteiger charge is -2.08. The summed E-state index contributed by atoms with van der Waals surface area (Å²) >= 11 is 0. The summed E-state index contributed by atoms with van der Waals surface area (Å²) in [6.07, 6.45) is 1.25. The predicted octanol–water partition coefficient (Wildman–Crippen LogP) is 2.01. The van der Waals surface area contributed by atoms with Crippen LogP contribution in [-0.2, 0) is 6.42 Å². The van der Waals surface area contributed by atoms with Gasteiger partial charge in [-0.2, -0.15) is 0 Å². The number of aliphatic hydroxyl groups excluding tert-OH is 1. The monoisotopic (exact) mass is 180 g/mol. The molecule has 2 nitrogen and oxygen atoms in total. The van der Waals surface area contributed by atoms with Gasteiger partial charge in [-0.15, -0.1) is 0 Å². The standard InChI is InChI=1S/C11H16O2/c1-3-10(12)7-9-5-4-6-11(8-9)13-2/h4-6,8,10,12H,3,7H2,1-2H3/t10-/m1/s1. The van der Waals surface area contributed by atoms with E-state index in [1.807, 2.05) is 31.2 Å². The molecule has 13 heavy (non-hydrogen) atoms. The zero-order chi connectivity index (χ0) is 9.68. The van der Waals surface area contributed by atoms with Gasteiger partial charge in [0, 0.05) is 0 Å². The number of hydrogen-bond donors (Lipinski definition) is 1. The van der Waals surface area contributed by atoms with Gasteiger partial charge in [0.2, 0.25) is 0 Å². The minimum Gasteiger partial charge on any atom is -0.497 e. The molecule has 0 aliphatic rings. The molecule has 1 rings (SSSR count). The second-order valence-electron chi connectivity index (χ2n) is 3.12. The fourth-order valence-electron chi connectivity index (χ4n) is 1.22. The molecule has 0 heterocycles. The Morgan fingerprint density at radius 3 is 2.85 bits per heavy atom. The minimum absolute atomic E-state index is 0.243. The lowest BCUT2D eigenvalue weighted by molar-refractivity contribution is 0.170. The minimum atomic E-state index is -0.243. The van der Waals surface area contributed by atoms with Gasteiger partial charge in [-0.05, 0) is 30.5 Å². The molecule has 0 saturated heterocycles. The Kier molecular flexibility index (Phi) is 3.77. The second kappa shape index (κ2) is 4.87. The first-order valence-electron chi connectivity index (χ1n) is 4.57. The van der Waals surface area contributed by atoms with E-state index < -0.39 is 0 Å². The van der Waals surface area contributed by atoms with Crippen molar-refractivity contribution >= 4 is 0 Å². The molecule has 0 radical (unpaired) electrons. The van der Waals surface area contributed by atoms with E-state index >= 15 is 0 Å². The highest BCUT2D eigenvalue weighted by atomic mass is 16.5. The van der Waals surface area contributed by atoms with Crippen molar-refractivity contribution < 1.29 is 9.84 Å². The van der Waals surface area contributed by atoms with Gasteiger partial charge in [0.1, 0.15) is 5.75 Å². The molecule has 0 aliphatic carbocycles. The Balaban J connectivity index is 2.66. The van der Waals surface area contributed by atoms with Gasteiger partial charge in [-0.3, -0.25) is 0 Å². The molecular formula is C11H16O2. The Hall–Kier alpha value is -1.02. The fourth-order valence-corrected chi connectivity index (χ4v) is 1.22. The molecule has 0 saturated carbocycles. The molecule has 0 spiro atoms. The Morgan fingerprint density at radius 1 is 1.46 bits per heavy atom. The van der Waals surface area contributed by atoms with Gasteiger partial charge in [0.15, 0.2) is 0 Å². The number of aliphatic hydroxyl groups is 1. The van der Waals surface area contributed by atoms with Crippen LogP contribution < -0.4 is 4.74 Å². The van der Waals surface area contributed by atoms with Crippen molar-refractivity contribution in [3.8, 4) is 5.75 Å². The lowest BCUT2D eigenvalue weighted by atomic mass is 10.1. The van der Waals surface area contributed by atoms with Crippen LogP contribution in [0.1, 0.15) is 18.9 Å². The first-order valence-corrected chi connectivity index (χ1v) is 4.57. The number of benzene rings is 1. The van der Waals surface area contributed by atoms with Crippen LogP contribution in [0.2, 0.25) is 0 Å². The normalized spacial score (nSPS) is 12.5. The fraction of sp³-hybridized carbons (Fsp3) is 0.455. The highest BCUT2D eigenvalue weighted by Gasteiger charge is 2.02. The van der Waals surface area contributed by atoms with Crippen molar-refractivity contribution in [3.63, 3.8) is 0 Å². The molecule has 2 heteroatoms. The molecule has 0 amide bonds. The van der Waals surface area contributed by atoms with E-state index in [-0.39, 0.29) is 6.10 Å². The molecule has 1 aromatic carbocycles. The van der Waals surface area contributed by atoms with E-state index in [9.17, 15) is 5.11 Å². The smallest absolute Gasteiger partial charge is 0.119 e. The van der Waals surface area contributed by atoms with Crippen molar-refractivity contribution in [3.05, 3.63) is 29.8 Å². The van der Waals surface area contributed by atoms with Crippen molar-refractivity contribution in [2.24, 2.45) is 0 Å². The maximum absolute atomic E-state index is 9.43. The van der Waals surface area contributed by atoms with E-state index in [4.69, 9.17) is 4.74 Å². The molecule has 0 unspecified atom stereocenters. The van der Waals surface area contributed by atoms with Gasteiger partial charge in [-0.1, -0.05) is 19.1 Å². The summed E-state index contributed by atoms with van der Waals surface area (Å²) in [6, 6.07) is 7.80. The third kappa shape index (κ3) is 3.07. The predicted molar refractivity (Wildman–Crippen MR) is 53.0 cm³/mol. The van der Waals surface area contributed by atoms with E-state index in [0.717, 1.165) is 17.7 Å². The van der Waals surface area contributed by atoms with Crippen molar-refractivity contribution in [2.75, 3.05) is 7.11 Å². The quantitative estimate of drug-likeness (QED) is 0.768. The van der Waals surface area contributed by atoms with E-state index in [1.54, 1.807) is 7.11 Å². The van der Waals surface area contributed by atoms with Crippen molar-refractivity contribution in [1.82, 2.24) is 0 Å². The number of ether oxygens (including phenoxy) is 1. The number of methoxy groups -OCH3 is 1. The molecule has 0 fully saturated rings. The topological polar surface area (TPSA) is 29.5 Å². The molecule has 1 atom stereocenters. The third-order valence-corrected chi connectivity index (χ3v) is 2.08. The number of rotatable bonds is 4. The average molecular weight is 180 g/mol. The first kappa shape index (κ1) is 10.1. The summed E-state index contributed by atoms with van der Waals surface area (Å²) in [7, 11) is 1.65. The van der Waals surface area contributed by atoms with Crippen molar-refractivity contribution in [2.45, 2.75) is 25.9 Å². The van der Waals surface area contributed by atoms with Gasteiger partial charge in [0.05, 0.1) is 13.2 Å². The van der Waals surface area contributed by atoms with Crippen LogP contribution in [0.25, 0.3) is 0 Å². The third-order valence-electron chi connectivity index (χ3n) is 2.08. The largest absolute Gasteiger partial charge is 0.497 e. The van der Waals surface area contributed by atoms with E-state index in [0.29, 0.717) is 6.42 Å². The summed E-state index contributed by atoms with van der Waals surface area (Å²) in [5.41, 5.74) is 1.12. The van der Waals surface area contributed by atoms with Gasteiger partial charge >= 0.3 is 0 Å². The van der Waals surface area contributed by atoms with E-state index in [1.165, 1.54) is 0 Å². The van der Waals surface area contributed by atoms with Crippen LogP contribution in [0.15, 0.2) is 24.3 Å². The van der Waals surface area contributed by atoms with Crippen LogP contribution in [0.4, 0.5) is 0 Å². The zero-order valence-electron chi connectivity index (χ0n) is 8.16. The lowest BCUT2D eigenvalue weighted by Crippen LogP contribution is -2.08. The summed E-state index contributed by atoms with van der Waals surface area (Å²) in [5, 5.41) is 9.43. The van der Waals surface area contributed by atoms with Gasteiger partial charge in [0.25, 0.3) is 0 Å². The summed E-state index contributed by atoms with van der Waals surface area (Å²) < 4.78 is 5.09. The maximum Gasteiger partial charge on any atom is 0.119 e.